The molecule has 1 aliphatic rings. The maximum absolute atomic E-state index is 12.1. The third-order valence-electron chi connectivity index (χ3n) is 4.19. The second kappa shape index (κ2) is 7.83. The number of nitrogens with zero attached hydrogens (tertiary/aromatic N) is 2. The highest BCUT2D eigenvalue weighted by atomic mass is 32.2. The number of piperidine rings is 1. The number of thiazole rings is 1. The highest BCUT2D eigenvalue weighted by molar-refractivity contribution is 7.89. The molecular formula is C14H26N4O2S2. The van der Waals surface area contributed by atoms with Crippen molar-refractivity contribution in [1.82, 2.24) is 14.6 Å². The van der Waals surface area contributed by atoms with Crippen LogP contribution in [0.3, 0.4) is 0 Å². The molecule has 1 aromatic rings. The van der Waals surface area contributed by atoms with E-state index in [-0.39, 0.29) is 24.3 Å². The summed E-state index contributed by atoms with van der Waals surface area (Å²) in [6.45, 7) is 6.53. The average Bonchev–Trinajstić information content (AvgIpc) is 2.99. The quantitative estimate of drug-likeness (QED) is 0.774. The van der Waals surface area contributed by atoms with Crippen molar-refractivity contribution in [3.05, 3.63) is 16.6 Å². The molecule has 0 aromatic carbocycles. The van der Waals surface area contributed by atoms with Crippen LogP contribution in [0.1, 0.15) is 37.7 Å². The fraction of sp³-hybridized carbons (Fsp3) is 0.786. The fourth-order valence-electron chi connectivity index (χ4n) is 2.91. The van der Waals surface area contributed by atoms with Gasteiger partial charge in [-0.25, -0.2) is 18.1 Å². The van der Waals surface area contributed by atoms with Crippen LogP contribution < -0.4 is 10.5 Å². The summed E-state index contributed by atoms with van der Waals surface area (Å²) in [5.74, 6) is 0.244. The molecule has 1 atom stereocenters. The monoisotopic (exact) mass is 346 g/mol. The number of nitrogens with two attached hydrogens (primary N) is 1. The molecule has 22 heavy (non-hydrogen) atoms. The van der Waals surface area contributed by atoms with Crippen molar-refractivity contribution in [1.29, 1.82) is 0 Å². The van der Waals surface area contributed by atoms with Gasteiger partial charge in [0.25, 0.3) is 0 Å². The lowest BCUT2D eigenvalue weighted by Gasteiger charge is -2.37. The topological polar surface area (TPSA) is 88.3 Å². The van der Waals surface area contributed by atoms with E-state index in [9.17, 15) is 8.42 Å². The summed E-state index contributed by atoms with van der Waals surface area (Å²) in [5, 5.41) is 2.74. The Kier molecular flexibility index (Phi) is 6.34. The van der Waals surface area contributed by atoms with Crippen LogP contribution in [0.2, 0.25) is 0 Å². The SMILES string of the molecule is CC(C)N1CCC(C(NS(=O)(=O)CCN)c2nccs2)CC1. The second-order valence-electron chi connectivity index (χ2n) is 6.04. The van der Waals surface area contributed by atoms with Crippen LogP contribution in [0.4, 0.5) is 0 Å². The highest BCUT2D eigenvalue weighted by Gasteiger charge is 2.32. The molecule has 3 N–H and O–H groups in total. The van der Waals surface area contributed by atoms with E-state index in [1.54, 1.807) is 6.20 Å². The molecule has 1 aliphatic heterocycles. The molecule has 1 saturated heterocycles. The largest absolute Gasteiger partial charge is 0.329 e. The van der Waals surface area contributed by atoms with Crippen molar-refractivity contribution in [2.24, 2.45) is 11.7 Å². The van der Waals surface area contributed by atoms with Crippen molar-refractivity contribution in [3.8, 4) is 0 Å². The summed E-state index contributed by atoms with van der Waals surface area (Å²) in [7, 11) is -3.36. The molecule has 1 fully saturated rings. The van der Waals surface area contributed by atoms with Crippen LogP contribution in [-0.4, -0.2) is 49.7 Å². The minimum absolute atomic E-state index is 0.0420. The van der Waals surface area contributed by atoms with E-state index in [2.05, 4.69) is 28.5 Å². The lowest BCUT2D eigenvalue weighted by molar-refractivity contribution is 0.135. The summed E-state index contributed by atoms with van der Waals surface area (Å²) < 4.78 is 27.1. The molecule has 2 rings (SSSR count). The summed E-state index contributed by atoms with van der Waals surface area (Å²) in [6, 6.07) is 0.305. The molecule has 126 valence electrons. The molecule has 0 amide bonds. The Morgan fingerprint density at radius 3 is 2.64 bits per heavy atom. The van der Waals surface area contributed by atoms with Gasteiger partial charge in [0.2, 0.25) is 10.0 Å². The molecule has 1 aromatic heterocycles. The Balaban J connectivity index is 2.10. The minimum Gasteiger partial charge on any atom is -0.329 e. The number of likely N-dealkylation sites (tertiary alicyclic amines) is 1. The summed E-state index contributed by atoms with van der Waals surface area (Å²) in [6.07, 6.45) is 3.69. The Bertz CT molecular complexity index is 537. The maximum atomic E-state index is 12.1. The van der Waals surface area contributed by atoms with Crippen LogP contribution in [0.15, 0.2) is 11.6 Å². The van der Waals surface area contributed by atoms with E-state index in [4.69, 9.17) is 5.73 Å². The number of hydrogen-bond donors (Lipinski definition) is 2. The number of aromatic nitrogens is 1. The third kappa shape index (κ3) is 4.73. The van der Waals surface area contributed by atoms with Gasteiger partial charge >= 0.3 is 0 Å². The predicted octanol–water partition coefficient (Wildman–Crippen LogP) is 1.18. The first-order valence-electron chi connectivity index (χ1n) is 7.76. The standard InChI is InChI=1S/C14H26N4O2S2/c1-11(2)18-7-3-12(4-8-18)13(14-16-6-9-21-14)17-22(19,20)10-5-15/h6,9,11-13,17H,3-5,7-8,10,15H2,1-2H3. The first-order valence-corrected chi connectivity index (χ1v) is 10.3. The zero-order chi connectivity index (χ0) is 16.2. The van der Waals surface area contributed by atoms with Crippen molar-refractivity contribution >= 4 is 21.4 Å². The zero-order valence-electron chi connectivity index (χ0n) is 13.2. The normalized spacial score (nSPS) is 19.6. The van der Waals surface area contributed by atoms with Gasteiger partial charge in [-0.05, 0) is 45.7 Å². The number of nitrogens with one attached hydrogen (secondary N) is 1. The Morgan fingerprint density at radius 1 is 1.45 bits per heavy atom. The first-order chi connectivity index (χ1) is 10.4. The van der Waals surface area contributed by atoms with Crippen LogP contribution in [0.5, 0.6) is 0 Å². The number of rotatable bonds is 7. The van der Waals surface area contributed by atoms with Gasteiger partial charge in [-0.3, -0.25) is 0 Å². The second-order valence-corrected chi connectivity index (χ2v) is 8.84. The van der Waals surface area contributed by atoms with Gasteiger partial charge in [-0.2, -0.15) is 0 Å². The van der Waals surface area contributed by atoms with Crippen molar-refractivity contribution in [2.75, 3.05) is 25.4 Å². The molecule has 8 heteroatoms. The van der Waals surface area contributed by atoms with Gasteiger partial charge in [-0.1, -0.05) is 0 Å². The lowest BCUT2D eigenvalue weighted by atomic mass is 9.89. The third-order valence-corrected chi connectivity index (χ3v) is 6.43. The van der Waals surface area contributed by atoms with Gasteiger partial charge in [0.1, 0.15) is 5.01 Å². The van der Waals surface area contributed by atoms with Crippen LogP contribution >= 0.6 is 11.3 Å². The molecule has 0 aliphatic carbocycles. The van der Waals surface area contributed by atoms with Crippen molar-refractivity contribution in [3.63, 3.8) is 0 Å². The highest BCUT2D eigenvalue weighted by Crippen LogP contribution is 2.32. The molecule has 6 nitrogen and oxygen atoms in total. The van der Waals surface area contributed by atoms with Gasteiger partial charge < -0.3 is 10.6 Å². The van der Waals surface area contributed by atoms with Crippen molar-refractivity contribution < 1.29 is 8.42 Å². The van der Waals surface area contributed by atoms with Gasteiger partial charge in [0.15, 0.2) is 0 Å². The molecule has 1 unspecified atom stereocenters. The van der Waals surface area contributed by atoms with E-state index < -0.39 is 10.0 Å². The fourth-order valence-corrected chi connectivity index (χ4v) is 4.89. The van der Waals surface area contributed by atoms with Gasteiger partial charge in [0.05, 0.1) is 11.8 Å². The average molecular weight is 347 g/mol. The van der Waals surface area contributed by atoms with E-state index in [0.29, 0.717) is 6.04 Å². The van der Waals surface area contributed by atoms with Crippen molar-refractivity contribution in [2.45, 2.75) is 38.8 Å². The van der Waals surface area contributed by atoms with Crippen LogP contribution in [0, 0.1) is 5.92 Å². The first kappa shape index (κ1) is 17.8. The van der Waals surface area contributed by atoms with Crippen LogP contribution in [0.25, 0.3) is 0 Å². The van der Waals surface area contributed by atoms with Gasteiger partial charge in [0, 0.05) is 24.2 Å². The van der Waals surface area contributed by atoms with E-state index >= 15 is 0 Å². The minimum atomic E-state index is -3.36. The molecule has 2 heterocycles. The maximum Gasteiger partial charge on any atom is 0.213 e. The summed E-state index contributed by atoms with van der Waals surface area (Å²) in [5.41, 5.74) is 5.40. The van der Waals surface area contributed by atoms with E-state index in [0.717, 1.165) is 30.9 Å². The zero-order valence-corrected chi connectivity index (χ0v) is 14.9. The molecule has 0 saturated carbocycles. The Labute approximate surface area is 137 Å². The van der Waals surface area contributed by atoms with Gasteiger partial charge in [-0.15, -0.1) is 11.3 Å². The molecule has 0 spiro atoms. The molecular weight excluding hydrogens is 320 g/mol. The smallest absolute Gasteiger partial charge is 0.213 e. The summed E-state index contributed by atoms with van der Waals surface area (Å²) >= 11 is 1.51. The predicted molar refractivity (Wildman–Crippen MR) is 90.3 cm³/mol. The Hall–Kier alpha value is -0.540. The van der Waals surface area contributed by atoms with E-state index in [1.807, 2.05) is 5.38 Å². The number of hydrogen-bond acceptors (Lipinski definition) is 6. The molecule has 0 bridgehead atoms. The molecule has 0 radical (unpaired) electrons. The van der Waals surface area contributed by atoms with Crippen LogP contribution in [-0.2, 0) is 10.0 Å². The van der Waals surface area contributed by atoms with E-state index in [1.165, 1.54) is 11.3 Å². The lowest BCUT2D eigenvalue weighted by Crippen LogP contribution is -2.43. The Morgan fingerprint density at radius 2 is 2.14 bits per heavy atom. The number of sulfonamides is 1. The summed E-state index contributed by atoms with van der Waals surface area (Å²) in [4.78, 5) is 6.77.